The van der Waals surface area contributed by atoms with E-state index in [9.17, 15) is 14.7 Å². The van der Waals surface area contributed by atoms with Gasteiger partial charge in [-0.25, -0.2) is 0 Å². The molecule has 0 unspecified atom stereocenters. The normalized spacial score (nSPS) is 18.5. The number of phenols is 1. The summed E-state index contributed by atoms with van der Waals surface area (Å²) in [6.45, 7) is 5.01. The molecule has 25 heavy (non-hydrogen) atoms. The number of nitrogens with one attached hydrogen (secondary N) is 1. The Balaban J connectivity index is 2.00. The quantitative estimate of drug-likeness (QED) is 0.828. The number of piperidine rings is 1. The molecule has 2 atom stereocenters. The van der Waals surface area contributed by atoms with E-state index in [0.717, 1.165) is 25.8 Å². The third-order valence-corrected chi connectivity index (χ3v) is 4.67. The smallest absolute Gasteiger partial charge is 0.225 e. The predicted octanol–water partition coefficient (Wildman–Crippen LogP) is 2.62. The van der Waals surface area contributed by atoms with Crippen LogP contribution in [0, 0.1) is 5.92 Å². The minimum atomic E-state index is -0.343. The van der Waals surface area contributed by atoms with Gasteiger partial charge in [-0.05, 0) is 44.4 Å². The van der Waals surface area contributed by atoms with E-state index in [1.165, 1.54) is 0 Å². The average molecular weight is 348 g/mol. The van der Waals surface area contributed by atoms with E-state index in [1.54, 1.807) is 30.2 Å². The van der Waals surface area contributed by atoms with Crippen molar-refractivity contribution in [3.63, 3.8) is 0 Å². The van der Waals surface area contributed by atoms with Gasteiger partial charge < -0.3 is 20.1 Å². The maximum Gasteiger partial charge on any atom is 0.225 e. The number of nitrogens with zero attached hydrogens (tertiary/aromatic N) is 1. The van der Waals surface area contributed by atoms with Crippen LogP contribution in [0.3, 0.4) is 0 Å². The van der Waals surface area contributed by atoms with Crippen molar-refractivity contribution in [3.8, 4) is 11.5 Å². The summed E-state index contributed by atoms with van der Waals surface area (Å²) in [5.74, 6) is 0.590. The zero-order valence-electron chi connectivity index (χ0n) is 15.2. The molecule has 0 spiro atoms. The number of benzene rings is 1. The summed E-state index contributed by atoms with van der Waals surface area (Å²) < 4.78 is 5.18. The Kier molecular flexibility index (Phi) is 6.67. The summed E-state index contributed by atoms with van der Waals surface area (Å²) in [4.78, 5) is 26.5. The lowest BCUT2D eigenvalue weighted by molar-refractivity contribution is -0.135. The second kappa shape index (κ2) is 8.74. The first kappa shape index (κ1) is 19.1. The SMILES string of the molecule is CCCC(=O)N1CCC[C@@H](C(=O)N[C@H](C)c2cc(OC)ccc2O)C1. The van der Waals surface area contributed by atoms with Crippen LogP contribution in [0.2, 0.25) is 0 Å². The second-order valence-electron chi connectivity index (χ2n) is 6.58. The van der Waals surface area contributed by atoms with Crippen LogP contribution in [0.1, 0.15) is 51.1 Å². The fourth-order valence-corrected chi connectivity index (χ4v) is 3.21. The molecular weight excluding hydrogens is 320 g/mol. The van der Waals surface area contributed by atoms with Crippen molar-refractivity contribution < 1.29 is 19.4 Å². The van der Waals surface area contributed by atoms with Gasteiger partial charge in [0.05, 0.1) is 19.1 Å². The van der Waals surface area contributed by atoms with Crippen LogP contribution >= 0.6 is 0 Å². The molecule has 1 aliphatic heterocycles. The molecule has 138 valence electrons. The molecule has 0 radical (unpaired) electrons. The Labute approximate surface area is 149 Å². The van der Waals surface area contributed by atoms with Crippen LogP contribution in [0.25, 0.3) is 0 Å². The zero-order chi connectivity index (χ0) is 18.4. The number of methoxy groups -OCH3 is 1. The molecule has 0 saturated carbocycles. The molecule has 0 aliphatic carbocycles. The Hall–Kier alpha value is -2.24. The molecule has 2 amide bonds. The number of carbonyl (C=O) groups is 2. The van der Waals surface area contributed by atoms with Gasteiger partial charge in [-0.2, -0.15) is 0 Å². The van der Waals surface area contributed by atoms with Crippen LogP contribution in [-0.4, -0.2) is 42.0 Å². The van der Waals surface area contributed by atoms with E-state index in [-0.39, 0.29) is 29.5 Å². The number of hydrogen-bond acceptors (Lipinski definition) is 4. The molecule has 1 fully saturated rings. The van der Waals surface area contributed by atoms with Gasteiger partial charge in [0, 0.05) is 25.1 Å². The van der Waals surface area contributed by atoms with Gasteiger partial charge in [0.15, 0.2) is 0 Å². The summed E-state index contributed by atoms with van der Waals surface area (Å²) in [6.07, 6.45) is 2.96. The highest BCUT2D eigenvalue weighted by Crippen LogP contribution is 2.29. The van der Waals surface area contributed by atoms with Crippen molar-refractivity contribution in [2.45, 2.75) is 45.6 Å². The summed E-state index contributed by atoms with van der Waals surface area (Å²) in [5.41, 5.74) is 0.613. The fourth-order valence-electron chi connectivity index (χ4n) is 3.21. The summed E-state index contributed by atoms with van der Waals surface area (Å²) in [7, 11) is 1.56. The first-order valence-electron chi connectivity index (χ1n) is 8.91. The fraction of sp³-hybridized carbons (Fsp3) is 0.579. The molecule has 1 aromatic rings. The molecule has 0 bridgehead atoms. The summed E-state index contributed by atoms with van der Waals surface area (Å²) in [5, 5.41) is 13.0. The lowest BCUT2D eigenvalue weighted by atomic mass is 9.96. The molecule has 2 N–H and O–H groups in total. The van der Waals surface area contributed by atoms with E-state index in [0.29, 0.717) is 24.3 Å². The van der Waals surface area contributed by atoms with E-state index < -0.39 is 0 Å². The van der Waals surface area contributed by atoms with Crippen molar-refractivity contribution in [1.29, 1.82) is 0 Å². The predicted molar refractivity (Wildman–Crippen MR) is 95.4 cm³/mol. The molecule has 1 aliphatic rings. The van der Waals surface area contributed by atoms with Crippen molar-refractivity contribution in [1.82, 2.24) is 10.2 Å². The number of amides is 2. The standard InChI is InChI=1S/C19H28N2O4/c1-4-6-18(23)21-10-5-7-14(12-21)19(24)20-13(2)16-11-15(25-3)8-9-17(16)22/h8-9,11,13-14,22H,4-7,10,12H2,1-3H3,(H,20,24)/t13-,14-/m1/s1. The zero-order valence-corrected chi connectivity index (χ0v) is 15.2. The molecule has 1 saturated heterocycles. The van der Waals surface area contributed by atoms with E-state index in [1.807, 2.05) is 13.8 Å². The van der Waals surface area contributed by atoms with Crippen LogP contribution in [0.5, 0.6) is 11.5 Å². The number of hydrogen-bond donors (Lipinski definition) is 2. The molecule has 1 heterocycles. The van der Waals surface area contributed by atoms with Gasteiger partial charge in [0.1, 0.15) is 11.5 Å². The van der Waals surface area contributed by atoms with Crippen LogP contribution < -0.4 is 10.1 Å². The van der Waals surface area contributed by atoms with Gasteiger partial charge >= 0.3 is 0 Å². The lowest BCUT2D eigenvalue weighted by Crippen LogP contribution is -2.45. The number of ether oxygens (including phenoxy) is 1. The highest BCUT2D eigenvalue weighted by atomic mass is 16.5. The van der Waals surface area contributed by atoms with E-state index in [2.05, 4.69) is 5.32 Å². The summed E-state index contributed by atoms with van der Waals surface area (Å²) >= 11 is 0. The monoisotopic (exact) mass is 348 g/mol. The number of aromatic hydroxyl groups is 1. The van der Waals surface area contributed by atoms with Crippen molar-refractivity contribution >= 4 is 11.8 Å². The molecule has 6 heteroatoms. The van der Waals surface area contributed by atoms with E-state index >= 15 is 0 Å². The van der Waals surface area contributed by atoms with Gasteiger partial charge in [-0.15, -0.1) is 0 Å². The Morgan fingerprint density at radius 1 is 1.44 bits per heavy atom. The van der Waals surface area contributed by atoms with Gasteiger partial charge in [0.2, 0.25) is 11.8 Å². The molecular formula is C19H28N2O4. The third kappa shape index (κ3) is 4.87. The average Bonchev–Trinajstić information content (AvgIpc) is 2.62. The maximum atomic E-state index is 12.6. The van der Waals surface area contributed by atoms with Crippen LogP contribution in [0.15, 0.2) is 18.2 Å². The topological polar surface area (TPSA) is 78.9 Å². The first-order chi connectivity index (χ1) is 12.0. The first-order valence-corrected chi connectivity index (χ1v) is 8.91. The van der Waals surface area contributed by atoms with Crippen molar-refractivity contribution in [2.75, 3.05) is 20.2 Å². The molecule has 2 rings (SSSR count). The van der Waals surface area contributed by atoms with Gasteiger partial charge in [-0.3, -0.25) is 9.59 Å². The third-order valence-electron chi connectivity index (χ3n) is 4.67. The minimum Gasteiger partial charge on any atom is -0.508 e. The Morgan fingerprint density at radius 3 is 2.88 bits per heavy atom. The largest absolute Gasteiger partial charge is 0.508 e. The maximum absolute atomic E-state index is 12.6. The highest BCUT2D eigenvalue weighted by Gasteiger charge is 2.29. The lowest BCUT2D eigenvalue weighted by Gasteiger charge is -2.32. The van der Waals surface area contributed by atoms with Gasteiger partial charge in [-0.1, -0.05) is 6.92 Å². The van der Waals surface area contributed by atoms with Gasteiger partial charge in [0.25, 0.3) is 0 Å². The number of phenolic OH excluding ortho intramolecular Hbond substituents is 1. The molecule has 6 nitrogen and oxygen atoms in total. The minimum absolute atomic E-state index is 0.0799. The van der Waals surface area contributed by atoms with Crippen LogP contribution in [-0.2, 0) is 9.59 Å². The molecule has 0 aromatic heterocycles. The Morgan fingerprint density at radius 2 is 2.20 bits per heavy atom. The van der Waals surface area contributed by atoms with Crippen molar-refractivity contribution in [2.24, 2.45) is 5.92 Å². The number of carbonyl (C=O) groups excluding carboxylic acids is 2. The highest BCUT2D eigenvalue weighted by molar-refractivity contribution is 5.81. The number of rotatable bonds is 6. The number of likely N-dealkylation sites (tertiary alicyclic amines) is 1. The Bertz CT molecular complexity index is 617. The van der Waals surface area contributed by atoms with Crippen LogP contribution in [0.4, 0.5) is 0 Å². The van der Waals surface area contributed by atoms with Crippen molar-refractivity contribution in [3.05, 3.63) is 23.8 Å². The van der Waals surface area contributed by atoms with E-state index in [4.69, 9.17) is 4.74 Å². The summed E-state index contributed by atoms with van der Waals surface area (Å²) in [6, 6.07) is 4.61. The second-order valence-corrected chi connectivity index (χ2v) is 6.58. The molecule has 1 aromatic carbocycles.